The number of sulfonamides is 1. The van der Waals surface area contributed by atoms with Crippen LogP contribution in [-0.2, 0) is 19.6 Å². The van der Waals surface area contributed by atoms with E-state index in [4.69, 9.17) is 4.74 Å². The maximum absolute atomic E-state index is 12.0. The van der Waals surface area contributed by atoms with E-state index in [1.54, 1.807) is 19.2 Å². The Labute approximate surface area is 133 Å². The van der Waals surface area contributed by atoms with Gasteiger partial charge in [0.25, 0.3) is 0 Å². The SMILES string of the molecule is COCC(C)NC(=O)CCNS(=O)(=O)c1ccc(Br)cc1. The van der Waals surface area contributed by atoms with Crippen molar-refractivity contribution in [2.45, 2.75) is 24.3 Å². The van der Waals surface area contributed by atoms with Crippen LogP contribution in [0.2, 0.25) is 0 Å². The zero-order valence-corrected chi connectivity index (χ0v) is 14.3. The molecular weight excluding hydrogens is 360 g/mol. The van der Waals surface area contributed by atoms with Crippen molar-refractivity contribution < 1.29 is 17.9 Å². The summed E-state index contributed by atoms with van der Waals surface area (Å²) in [6.07, 6.45) is 0.0732. The second-order valence-electron chi connectivity index (χ2n) is 4.53. The number of hydrogen-bond acceptors (Lipinski definition) is 4. The Morgan fingerprint density at radius 1 is 1.33 bits per heavy atom. The summed E-state index contributed by atoms with van der Waals surface area (Å²) in [7, 11) is -2.04. The summed E-state index contributed by atoms with van der Waals surface area (Å²) in [5.74, 6) is -0.224. The molecule has 1 atom stereocenters. The van der Waals surface area contributed by atoms with E-state index < -0.39 is 10.0 Å². The first-order valence-corrected chi connectivity index (χ1v) is 8.66. The van der Waals surface area contributed by atoms with E-state index >= 15 is 0 Å². The number of amides is 1. The minimum absolute atomic E-state index is 0.0456. The summed E-state index contributed by atoms with van der Waals surface area (Å²) >= 11 is 3.24. The highest BCUT2D eigenvalue weighted by Crippen LogP contribution is 2.14. The maximum Gasteiger partial charge on any atom is 0.240 e. The van der Waals surface area contributed by atoms with Crippen LogP contribution in [0.25, 0.3) is 0 Å². The molecule has 0 aromatic heterocycles. The fourth-order valence-corrected chi connectivity index (χ4v) is 2.93. The third kappa shape index (κ3) is 6.56. The van der Waals surface area contributed by atoms with E-state index in [0.29, 0.717) is 6.61 Å². The Hall–Kier alpha value is -0.960. The molecule has 0 bridgehead atoms. The average Bonchev–Trinajstić information content (AvgIpc) is 2.39. The second kappa shape index (κ2) is 8.47. The number of methoxy groups -OCH3 is 1. The standard InChI is InChI=1S/C13H19BrN2O4S/c1-10(9-20-2)16-13(17)7-8-15-21(18,19)12-5-3-11(14)4-6-12/h3-6,10,15H,7-9H2,1-2H3,(H,16,17). The van der Waals surface area contributed by atoms with Crippen LogP contribution in [0.1, 0.15) is 13.3 Å². The first-order chi connectivity index (χ1) is 9.85. The van der Waals surface area contributed by atoms with Crippen molar-refractivity contribution in [2.75, 3.05) is 20.3 Å². The third-order valence-corrected chi connectivity index (χ3v) is 4.60. The van der Waals surface area contributed by atoms with Crippen LogP contribution in [0.4, 0.5) is 0 Å². The topological polar surface area (TPSA) is 84.5 Å². The lowest BCUT2D eigenvalue weighted by Crippen LogP contribution is -2.37. The highest BCUT2D eigenvalue weighted by atomic mass is 79.9. The van der Waals surface area contributed by atoms with Crippen molar-refractivity contribution in [3.05, 3.63) is 28.7 Å². The summed E-state index contributed by atoms with van der Waals surface area (Å²) in [6.45, 7) is 2.27. The van der Waals surface area contributed by atoms with Gasteiger partial charge in [-0.25, -0.2) is 13.1 Å². The summed E-state index contributed by atoms with van der Waals surface area (Å²) in [5.41, 5.74) is 0. The lowest BCUT2D eigenvalue weighted by atomic mass is 10.3. The minimum Gasteiger partial charge on any atom is -0.383 e. The number of carbonyl (C=O) groups is 1. The van der Waals surface area contributed by atoms with Gasteiger partial charge in [-0.1, -0.05) is 15.9 Å². The predicted molar refractivity (Wildman–Crippen MR) is 83.4 cm³/mol. The second-order valence-corrected chi connectivity index (χ2v) is 7.21. The van der Waals surface area contributed by atoms with Crippen molar-refractivity contribution in [3.8, 4) is 0 Å². The Morgan fingerprint density at radius 2 is 1.95 bits per heavy atom. The Balaban J connectivity index is 2.44. The number of benzene rings is 1. The lowest BCUT2D eigenvalue weighted by Gasteiger charge is -2.13. The number of rotatable bonds is 8. The molecule has 21 heavy (non-hydrogen) atoms. The van der Waals surface area contributed by atoms with Crippen molar-refractivity contribution >= 4 is 31.9 Å². The molecule has 0 radical (unpaired) electrons. The largest absolute Gasteiger partial charge is 0.383 e. The minimum atomic E-state index is -3.59. The monoisotopic (exact) mass is 378 g/mol. The number of hydrogen-bond donors (Lipinski definition) is 2. The Bertz CT molecular complexity index is 560. The van der Waals surface area contributed by atoms with Gasteiger partial charge in [0.15, 0.2) is 0 Å². The molecule has 1 unspecified atom stereocenters. The van der Waals surface area contributed by atoms with E-state index in [0.717, 1.165) is 4.47 Å². The highest BCUT2D eigenvalue weighted by molar-refractivity contribution is 9.10. The van der Waals surface area contributed by atoms with Crippen LogP contribution in [0.3, 0.4) is 0 Å². The molecule has 0 spiro atoms. The summed E-state index contributed by atoms with van der Waals surface area (Å²) in [5, 5.41) is 2.71. The molecule has 0 aliphatic carbocycles. The van der Waals surface area contributed by atoms with Gasteiger partial charge in [-0.3, -0.25) is 4.79 Å². The third-order valence-electron chi connectivity index (χ3n) is 2.59. The first kappa shape index (κ1) is 18.1. The summed E-state index contributed by atoms with van der Waals surface area (Å²) in [6, 6.07) is 6.17. The van der Waals surface area contributed by atoms with Crippen LogP contribution >= 0.6 is 15.9 Å². The van der Waals surface area contributed by atoms with Gasteiger partial charge in [0.05, 0.1) is 11.5 Å². The maximum atomic E-state index is 12.0. The van der Waals surface area contributed by atoms with Crippen LogP contribution in [0.15, 0.2) is 33.6 Å². The van der Waals surface area contributed by atoms with Crippen molar-refractivity contribution in [1.29, 1.82) is 0 Å². The zero-order chi connectivity index (χ0) is 15.9. The number of carbonyl (C=O) groups excluding carboxylic acids is 1. The van der Waals surface area contributed by atoms with Gasteiger partial charge in [-0.2, -0.15) is 0 Å². The van der Waals surface area contributed by atoms with E-state index in [1.165, 1.54) is 12.1 Å². The summed E-state index contributed by atoms with van der Waals surface area (Å²) in [4.78, 5) is 11.8. The fraction of sp³-hybridized carbons (Fsp3) is 0.462. The van der Waals surface area contributed by atoms with Gasteiger partial charge in [-0.05, 0) is 31.2 Å². The van der Waals surface area contributed by atoms with Crippen molar-refractivity contribution in [1.82, 2.24) is 10.0 Å². The quantitative estimate of drug-likeness (QED) is 0.713. The Kier molecular flexibility index (Phi) is 7.30. The first-order valence-electron chi connectivity index (χ1n) is 6.38. The molecule has 118 valence electrons. The van der Waals surface area contributed by atoms with Crippen LogP contribution < -0.4 is 10.0 Å². The molecule has 1 aromatic rings. The van der Waals surface area contributed by atoms with Gasteiger partial charge >= 0.3 is 0 Å². The fourth-order valence-electron chi connectivity index (χ4n) is 1.63. The van der Waals surface area contributed by atoms with Crippen molar-refractivity contribution in [3.63, 3.8) is 0 Å². The van der Waals surface area contributed by atoms with Gasteiger partial charge in [0, 0.05) is 30.6 Å². The predicted octanol–water partition coefficient (Wildman–Crippen LogP) is 1.27. The normalized spacial score (nSPS) is 12.9. The molecule has 0 saturated carbocycles. The lowest BCUT2D eigenvalue weighted by molar-refractivity contribution is -0.121. The van der Waals surface area contributed by atoms with Crippen LogP contribution in [0, 0.1) is 0 Å². The molecule has 0 saturated heterocycles. The van der Waals surface area contributed by atoms with Gasteiger partial charge < -0.3 is 10.1 Å². The number of nitrogens with one attached hydrogen (secondary N) is 2. The van der Waals surface area contributed by atoms with E-state index in [2.05, 4.69) is 26.0 Å². The van der Waals surface area contributed by atoms with Crippen LogP contribution in [-0.4, -0.2) is 40.6 Å². The molecule has 0 fully saturated rings. The molecule has 1 amide bonds. The average molecular weight is 379 g/mol. The molecule has 2 N–H and O–H groups in total. The molecule has 1 aromatic carbocycles. The highest BCUT2D eigenvalue weighted by Gasteiger charge is 2.14. The summed E-state index contributed by atoms with van der Waals surface area (Å²) < 4.78 is 32.0. The zero-order valence-electron chi connectivity index (χ0n) is 11.9. The van der Waals surface area contributed by atoms with Gasteiger partial charge in [0.2, 0.25) is 15.9 Å². The smallest absolute Gasteiger partial charge is 0.240 e. The van der Waals surface area contributed by atoms with E-state index in [-0.39, 0.29) is 29.8 Å². The van der Waals surface area contributed by atoms with E-state index in [9.17, 15) is 13.2 Å². The van der Waals surface area contributed by atoms with Crippen LogP contribution in [0.5, 0.6) is 0 Å². The number of ether oxygens (including phenoxy) is 1. The molecule has 0 aliphatic rings. The van der Waals surface area contributed by atoms with E-state index in [1.807, 2.05) is 6.92 Å². The van der Waals surface area contributed by atoms with Crippen molar-refractivity contribution in [2.24, 2.45) is 0 Å². The van der Waals surface area contributed by atoms with Gasteiger partial charge in [-0.15, -0.1) is 0 Å². The Morgan fingerprint density at radius 3 is 2.52 bits per heavy atom. The molecule has 6 nitrogen and oxygen atoms in total. The molecular formula is C13H19BrN2O4S. The molecule has 8 heteroatoms. The molecule has 0 heterocycles. The number of halogens is 1. The molecule has 1 rings (SSSR count). The van der Waals surface area contributed by atoms with Gasteiger partial charge in [0.1, 0.15) is 0 Å². The molecule has 0 aliphatic heterocycles.